The number of anilines is 1. The fraction of sp³-hybridized carbons (Fsp3) is 0.462. The van der Waals surface area contributed by atoms with Crippen LogP contribution in [0.3, 0.4) is 0 Å². The molecule has 4 nitrogen and oxygen atoms in total. The summed E-state index contributed by atoms with van der Waals surface area (Å²) in [4.78, 5) is 11.9. The first-order chi connectivity index (χ1) is 8.61. The Kier molecular flexibility index (Phi) is 4.11. The molecule has 18 heavy (non-hydrogen) atoms. The van der Waals surface area contributed by atoms with Gasteiger partial charge in [-0.1, -0.05) is 13.8 Å². The van der Waals surface area contributed by atoms with Gasteiger partial charge in [0, 0.05) is 22.5 Å². The second-order valence-corrected chi connectivity index (χ2v) is 5.13. The summed E-state index contributed by atoms with van der Waals surface area (Å²) >= 11 is 3.42. The third-order valence-corrected chi connectivity index (χ3v) is 3.61. The van der Waals surface area contributed by atoms with Crippen molar-refractivity contribution in [3.05, 3.63) is 16.6 Å². The van der Waals surface area contributed by atoms with Gasteiger partial charge in [-0.2, -0.15) is 0 Å². The number of carbonyl (C=O) groups excluding carboxylic acids is 1. The molecule has 1 aliphatic heterocycles. The third kappa shape index (κ3) is 2.77. The molecule has 0 aliphatic carbocycles. The van der Waals surface area contributed by atoms with Crippen molar-refractivity contribution in [1.82, 2.24) is 0 Å². The molecule has 0 saturated carbocycles. The molecule has 1 unspecified atom stereocenters. The van der Waals surface area contributed by atoms with Crippen LogP contribution in [0.4, 0.5) is 5.69 Å². The summed E-state index contributed by atoms with van der Waals surface area (Å²) in [6.07, 6.45) is 0.813. The highest BCUT2D eigenvalue weighted by Gasteiger charge is 2.17. The number of amides is 1. The molecule has 2 rings (SSSR count). The average Bonchev–Trinajstić information content (AvgIpc) is 2.38. The number of fused-ring (bicyclic) bond motifs is 1. The Hall–Kier alpha value is -1.23. The summed E-state index contributed by atoms with van der Waals surface area (Å²) in [6.45, 7) is 4.98. The Morgan fingerprint density at radius 1 is 1.39 bits per heavy atom. The van der Waals surface area contributed by atoms with Crippen LogP contribution < -0.4 is 14.8 Å². The lowest BCUT2D eigenvalue weighted by molar-refractivity contribution is -0.119. The molecule has 0 saturated heterocycles. The Morgan fingerprint density at radius 3 is 2.61 bits per heavy atom. The maximum Gasteiger partial charge on any atom is 0.227 e. The summed E-state index contributed by atoms with van der Waals surface area (Å²) in [7, 11) is 0. The van der Waals surface area contributed by atoms with Crippen molar-refractivity contribution >= 4 is 27.5 Å². The minimum Gasteiger partial charge on any atom is -0.486 e. The molecule has 1 amide bonds. The van der Waals surface area contributed by atoms with Gasteiger partial charge >= 0.3 is 0 Å². The molecule has 0 spiro atoms. The van der Waals surface area contributed by atoms with E-state index in [4.69, 9.17) is 9.47 Å². The SMILES string of the molecule is CCC(C)C(=O)Nc1cc2c(cc1Br)OCCO2. The highest BCUT2D eigenvalue weighted by Crippen LogP contribution is 2.38. The number of nitrogens with one attached hydrogen (secondary N) is 1. The normalized spacial score (nSPS) is 15.1. The van der Waals surface area contributed by atoms with Crippen LogP contribution in [0.2, 0.25) is 0 Å². The number of ether oxygens (including phenoxy) is 2. The van der Waals surface area contributed by atoms with E-state index in [1.54, 1.807) is 6.07 Å². The highest BCUT2D eigenvalue weighted by molar-refractivity contribution is 9.10. The number of hydrogen-bond donors (Lipinski definition) is 1. The monoisotopic (exact) mass is 313 g/mol. The molecule has 0 radical (unpaired) electrons. The molecule has 5 heteroatoms. The highest BCUT2D eigenvalue weighted by atomic mass is 79.9. The predicted octanol–water partition coefficient (Wildman–Crippen LogP) is 3.20. The van der Waals surface area contributed by atoms with E-state index >= 15 is 0 Å². The number of benzene rings is 1. The fourth-order valence-corrected chi connectivity index (χ4v) is 2.02. The minimum atomic E-state index is -0.00917. The lowest BCUT2D eigenvalue weighted by Crippen LogP contribution is -2.20. The first kappa shape index (κ1) is 13.2. The lowest BCUT2D eigenvalue weighted by atomic mass is 10.1. The molecule has 98 valence electrons. The van der Waals surface area contributed by atoms with E-state index in [0.717, 1.165) is 10.9 Å². The van der Waals surface area contributed by atoms with Gasteiger partial charge in [0.2, 0.25) is 5.91 Å². The van der Waals surface area contributed by atoms with Crippen molar-refractivity contribution < 1.29 is 14.3 Å². The number of hydrogen-bond acceptors (Lipinski definition) is 3. The molecule has 1 atom stereocenters. The van der Waals surface area contributed by atoms with Crippen LogP contribution in [0.15, 0.2) is 16.6 Å². The van der Waals surface area contributed by atoms with Crippen LogP contribution >= 0.6 is 15.9 Å². The van der Waals surface area contributed by atoms with Crippen molar-refractivity contribution in [1.29, 1.82) is 0 Å². The molecular weight excluding hydrogens is 298 g/mol. The lowest BCUT2D eigenvalue weighted by Gasteiger charge is -2.20. The first-order valence-electron chi connectivity index (χ1n) is 6.01. The molecule has 1 aliphatic rings. The van der Waals surface area contributed by atoms with Gasteiger partial charge in [-0.25, -0.2) is 0 Å². The van der Waals surface area contributed by atoms with Crippen LogP contribution in [-0.4, -0.2) is 19.1 Å². The zero-order valence-electron chi connectivity index (χ0n) is 10.5. The molecule has 1 aromatic rings. The number of carbonyl (C=O) groups is 1. The average molecular weight is 314 g/mol. The second-order valence-electron chi connectivity index (χ2n) is 4.27. The maximum absolute atomic E-state index is 11.9. The molecule has 0 bridgehead atoms. The summed E-state index contributed by atoms with van der Waals surface area (Å²) in [5, 5.41) is 2.89. The van der Waals surface area contributed by atoms with Crippen LogP contribution in [0.25, 0.3) is 0 Å². The van der Waals surface area contributed by atoms with Gasteiger partial charge < -0.3 is 14.8 Å². The fourth-order valence-electron chi connectivity index (χ4n) is 1.60. The Bertz CT molecular complexity index is 462. The van der Waals surface area contributed by atoms with Gasteiger partial charge in [-0.15, -0.1) is 0 Å². The van der Waals surface area contributed by atoms with Gasteiger partial charge in [-0.05, 0) is 22.4 Å². The van der Waals surface area contributed by atoms with Gasteiger partial charge in [0.05, 0.1) is 5.69 Å². The smallest absolute Gasteiger partial charge is 0.227 e. The largest absolute Gasteiger partial charge is 0.486 e. The van der Waals surface area contributed by atoms with E-state index < -0.39 is 0 Å². The topological polar surface area (TPSA) is 47.6 Å². The van der Waals surface area contributed by atoms with E-state index in [-0.39, 0.29) is 11.8 Å². The molecule has 0 fully saturated rings. The zero-order chi connectivity index (χ0) is 13.1. The zero-order valence-corrected chi connectivity index (χ0v) is 12.0. The molecule has 1 N–H and O–H groups in total. The summed E-state index contributed by atoms with van der Waals surface area (Å²) < 4.78 is 11.8. The first-order valence-corrected chi connectivity index (χ1v) is 6.81. The summed E-state index contributed by atoms with van der Waals surface area (Å²) in [5.41, 5.74) is 0.713. The molecule has 0 aromatic heterocycles. The van der Waals surface area contributed by atoms with Gasteiger partial charge in [-0.3, -0.25) is 4.79 Å². The van der Waals surface area contributed by atoms with Crippen LogP contribution in [-0.2, 0) is 4.79 Å². The predicted molar refractivity (Wildman–Crippen MR) is 73.2 cm³/mol. The van der Waals surface area contributed by atoms with E-state index in [9.17, 15) is 4.79 Å². The van der Waals surface area contributed by atoms with Crippen molar-refractivity contribution in [3.8, 4) is 11.5 Å². The van der Waals surface area contributed by atoms with Gasteiger partial charge in [0.1, 0.15) is 13.2 Å². The Balaban J connectivity index is 2.20. The van der Waals surface area contributed by atoms with Crippen LogP contribution in [0, 0.1) is 5.92 Å². The van der Waals surface area contributed by atoms with E-state index in [1.165, 1.54) is 0 Å². The third-order valence-electron chi connectivity index (χ3n) is 2.95. The maximum atomic E-state index is 11.9. The standard InChI is InChI=1S/C13H16BrNO3/c1-3-8(2)13(16)15-10-7-12-11(6-9(10)14)17-4-5-18-12/h6-8H,3-5H2,1-2H3,(H,15,16). The van der Waals surface area contributed by atoms with E-state index in [2.05, 4.69) is 21.2 Å². The summed E-state index contributed by atoms with van der Waals surface area (Å²) in [5.74, 6) is 1.37. The number of halogens is 1. The summed E-state index contributed by atoms with van der Waals surface area (Å²) in [6, 6.07) is 3.61. The molecule has 1 aromatic carbocycles. The molecular formula is C13H16BrNO3. The molecule has 1 heterocycles. The van der Waals surface area contributed by atoms with Gasteiger partial charge in [0.15, 0.2) is 11.5 Å². The van der Waals surface area contributed by atoms with Crippen LogP contribution in [0.1, 0.15) is 20.3 Å². The van der Waals surface area contributed by atoms with Crippen molar-refractivity contribution in [2.24, 2.45) is 5.92 Å². The van der Waals surface area contributed by atoms with Crippen molar-refractivity contribution in [2.45, 2.75) is 20.3 Å². The number of rotatable bonds is 3. The van der Waals surface area contributed by atoms with Crippen molar-refractivity contribution in [2.75, 3.05) is 18.5 Å². The Morgan fingerprint density at radius 2 is 2.00 bits per heavy atom. The minimum absolute atomic E-state index is 0.00915. The van der Waals surface area contributed by atoms with Gasteiger partial charge in [0.25, 0.3) is 0 Å². The van der Waals surface area contributed by atoms with E-state index in [1.807, 2.05) is 19.9 Å². The van der Waals surface area contributed by atoms with Crippen molar-refractivity contribution in [3.63, 3.8) is 0 Å². The second kappa shape index (κ2) is 5.61. The van der Waals surface area contributed by atoms with E-state index in [0.29, 0.717) is 30.4 Å². The Labute approximate surface area is 115 Å². The quantitative estimate of drug-likeness (QED) is 0.932. The van der Waals surface area contributed by atoms with Crippen LogP contribution in [0.5, 0.6) is 11.5 Å².